The van der Waals surface area contributed by atoms with Gasteiger partial charge in [0.1, 0.15) is 11.9 Å². The second-order valence-electron chi connectivity index (χ2n) is 3.97. The predicted molar refractivity (Wildman–Crippen MR) is 59.2 cm³/mol. The minimum Gasteiger partial charge on any atom is -0.370 e. The Labute approximate surface area is 88.8 Å². The molecule has 0 spiro atoms. The fourth-order valence-corrected chi connectivity index (χ4v) is 2.32. The Kier molecular flexibility index (Phi) is 1.97. The van der Waals surface area contributed by atoms with Crippen molar-refractivity contribution in [3.63, 3.8) is 0 Å². The molecule has 3 N–H and O–H groups in total. The molecule has 0 bridgehead atoms. The standard InChI is InChI=1S/C11H14N4/c12-15-7-8-3-1-2-4-9(8)10(15)11-13-5-6-14-11/h1-4,10H,5-7,12H2,(H,13,14). The van der Waals surface area contributed by atoms with Crippen molar-refractivity contribution in [2.45, 2.75) is 12.6 Å². The molecular weight excluding hydrogens is 188 g/mol. The molecule has 1 atom stereocenters. The lowest BCUT2D eigenvalue weighted by Gasteiger charge is -2.20. The number of amidine groups is 1. The third kappa shape index (κ3) is 1.33. The first-order valence-electron chi connectivity index (χ1n) is 5.23. The van der Waals surface area contributed by atoms with E-state index in [1.807, 2.05) is 5.01 Å². The van der Waals surface area contributed by atoms with E-state index in [1.54, 1.807) is 0 Å². The number of benzene rings is 1. The molecule has 1 aromatic carbocycles. The number of fused-ring (bicyclic) bond motifs is 1. The topological polar surface area (TPSA) is 53.6 Å². The maximum absolute atomic E-state index is 6.02. The van der Waals surface area contributed by atoms with Crippen LogP contribution >= 0.6 is 0 Å². The molecule has 0 fully saturated rings. The predicted octanol–water partition coefficient (Wildman–Crippen LogP) is 0.419. The van der Waals surface area contributed by atoms with Crippen molar-refractivity contribution in [1.82, 2.24) is 10.3 Å². The molecule has 15 heavy (non-hydrogen) atoms. The number of hydrazine groups is 1. The van der Waals surface area contributed by atoms with Crippen LogP contribution in [0.5, 0.6) is 0 Å². The zero-order chi connectivity index (χ0) is 10.3. The van der Waals surface area contributed by atoms with Gasteiger partial charge in [-0.15, -0.1) is 0 Å². The van der Waals surface area contributed by atoms with Gasteiger partial charge in [0.25, 0.3) is 0 Å². The van der Waals surface area contributed by atoms with Crippen LogP contribution in [0.25, 0.3) is 0 Å². The van der Waals surface area contributed by atoms with Gasteiger partial charge in [-0.3, -0.25) is 10.8 Å². The number of nitrogens with zero attached hydrogens (tertiary/aromatic N) is 2. The third-order valence-electron chi connectivity index (χ3n) is 2.99. The van der Waals surface area contributed by atoms with Gasteiger partial charge in [0.15, 0.2) is 0 Å². The summed E-state index contributed by atoms with van der Waals surface area (Å²) in [6.45, 7) is 2.60. The van der Waals surface area contributed by atoms with E-state index < -0.39 is 0 Å². The summed E-state index contributed by atoms with van der Waals surface area (Å²) in [7, 11) is 0. The Morgan fingerprint density at radius 2 is 2.27 bits per heavy atom. The van der Waals surface area contributed by atoms with E-state index in [4.69, 9.17) is 5.84 Å². The molecule has 0 radical (unpaired) electrons. The molecule has 2 heterocycles. The van der Waals surface area contributed by atoms with Crippen LogP contribution in [0.2, 0.25) is 0 Å². The summed E-state index contributed by atoms with van der Waals surface area (Å²) in [6.07, 6.45) is 0. The Morgan fingerprint density at radius 1 is 1.40 bits per heavy atom. The van der Waals surface area contributed by atoms with E-state index >= 15 is 0 Å². The smallest absolute Gasteiger partial charge is 0.120 e. The summed E-state index contributed by atoms with van der Waals surface area (Å²) in [5.41, 5.74) is 2.59. The van der Waals surface area contributed by atoms with Gasteiger partial charge in [0, 0.05) is 13.1 Å². The van der Waals surface area contributed by atoms with E-state index in [9.17, 15) is 0 Å². The van der Waals surface area contributed by atoms with E-state index in [-0.39, 0.29) is 6.04 Å². The Bertz CT molecular complexity index is 413. The van der Waals surface area contributed by atoms with Gasteiger partial charge in [-0.05, 0) is 11.1 Å². The van der Waals surface area contributed by atoms with Crippen molar-refractivity contribution in [3.8, 4) is 0 Å². The van der Waals surface area contributed by atoms with Crippen LogP contribution in [0, 0.1) is 0 Å². The first-order valence-corrected chi connectivity index (χ1v) is 5.23. The molecule has 4 nitrogen and oxygen atoms in total. The van der Waals surface area contributed by atoms with Crippen molar-refractivity contribution in [3.05, 3.63) is 35.4 Å². The van der Waals surface area contributed by atoms with Gasteiger partial charge in [-0.2, -0.15) is 0 Å². The largest absolute Gasteiger partial charge is 0.370 e. The van der Waals surface area contributed by atoms with Crippen molar-refractivity contribution in [2.75, 3.05) is 13.1 Å². The molecule has 0 saturated carbocycles. The molecule has 4 heteroatoms. The molecule has 0 amide bonds. The van der Waals surface area contributed by atoms with Crippen LogP contribution in [0.4, 0.5) is 0 Å². The number of hydrogen-bond donors (Lipinski definition) is 2. The molecule has 78 valence electrons. The Morgan fingerprint density at radius 3 is 3.07 bits per heavy atom. The third-order valence-corrected chi connectivity index (χ3v) is 2.99. The molecule has 1 aromatic rings. The van der Waals surface area contributed by atoms with Crippen LogP contribution in [-0.2, 0) is 6.54 Å². The summed E-state index contributed by atoms with van der Waals surface area (Å²) >= 11 is 0. The Balaban J connectivity index is 2.02. The molecule has 2 aliphatic rings. The summed E-state index contributed by atoms with van der Waals surface area (Å²) in [5.74, 6) is 7.04. The van der Waals surface area contributed by atoms with Crippen LogP contribution in [0.3, 0.4) is 0 Å². The average Bonchev–Trinajstić information content (AvgIpc) is 2.82. The fraction of sp³-hybridized carbons (Fsp3) is 0.364. The van der Waals surface area contributed by atoms with Gasteiger partial charge >= 0.3 is 0 Å². The number of aliphatic imine (C=N–C) groups is 1. The molecule has 0 saturated heterocycles. The number of nitrogens with two attached hydrogens (primary N) is 1. The normalized spacial score (nSPS) is 24.9. The first kappa shape index (κ1) is 8.88. The second kappa shape index (κ2) is 3.32. The fourth-order valence-electron chi connectivity index (χ4n) is 2.32. The van der Waals surface area contributed by atoms with Gasteiger partial charge in [0.2, 0.25) is 0 Å². The van der Waals surface area contributed by atoms with Gasteiger partial charge in [0.05, 0.1) is 6.54 Å². The monoisotopic (exact) mass is 202 g/mol. The molecule has 0 aliphatic carbocycles. The second-order valence-corrected chi connectivity index (χ2v) is 3.97. The summed E-state index contributed by atoms with van der Waals surface area (Å²) in [4.78, 5) is 4.45. The lowest BCUT2D eigenvalue weighted by Crippen LogP contribution is -2.38. The number of nitrogens with one attached hydrogen (secondary N) is 1. The van der Waals surface area contributed by atoms with Crippen molar-refractivity contribution >= 4 is 5.84 Å². The Hall–Kier alpha value is -1.39. The lowest BCUT2D eigenvalue weighted by atomic mass is 10.0. The van der Waals surface area contributed by atoms with Gasteiger partial charge in [-0.25, -0.2) is 5.01 Å². The first-order chi connectivity index (χ1) is 7.36. The minimum absolute atomic E-state index is 0.128. The van der Waals surface area contributed by atoms with Crippen molar-refractivity contribution in [1.29, 1.82) is 0 Å². The molecule has 0 aromatic heterocycles. The van der Waals surface area contributed by atoms with E-state index in [0.29, 0.717) is 0 Å². The highest BCUT2D eigenvalue weighted by Gasteiger charge is 2.32. The van der Waals surface area contributed by atoms with E-state index in [1.165, 1.54) is 11.1 Å². The number of rotatable bonds is 1. The molecular formula is C11H14N4. The van der Waals surface area contributed by atoms with E-state index in [2.05, 4.69) is 34.6 Å². The zero-order valence-corrected chi connectivity index (χ0v) is 8.48. The SMILES string of the molecule is NN1Cc2ccccc2C1C1=NCCN1. The highest BCUT2D eigenvalue weighted by molar-refractivity contribution is 5.90. The van der Waals surface area contributed by atoms with Crippen LogP contribution < -0.4 is 11.2 Å². The molecule has 1 unspecified atom stereocenters. The highest BCUT2D eigenvalue weighted by Crippen LogP contribution is 2.31. The van der Waals surface area contributed by atoms with Crippen LogP contribution in [0.1, 0.15) is 17.2 Å². The van der Waals surface area contributed by atoms with Gasteiger partial charge in [-0.1, -0.05) is 24.3 Å². The summed E-state index contributed by atoms with van der Waals surface area (Å²) < 4.78 is 0. The zero-order valence-electron chi connectivity index (χ0n) is 8.48. The summed E-state index contributed by atoms with van der Waals surface area (Å²) in [5, 5.41) is 5.15. The van der Waals surface area contributed by atoms with E-state index in [0.717, 1.165) is 25.5 Å². The highest BCUT2D eigenvalue weighted by atomic mass is 15.4. The molecule has 2 aliphatic heterocycles. The van der Waals surface area contributed by atoms with Crippen LogP contribution in [-0.4, -0.2) is 23.9 Å². The van der Waals surface area contributed by atoms with Crippen LogP contribution in [0.15, 0.2) is 29.3 Å². The summed E-state index contributed by atoms with van der Waals surface area (Å²) in [6, 6.07) is 8.50. The molecule has 3 rings (SSSR count). The maximum atomic E-state index is 6.02. The van der Waals surface area contributed by atoms with Crippen molar-refractivity contribution < 1.29 is 0 Å². The quantitative estimate of drug-likeness (QED) is 0.649. The average molecular weight is 202 g/mol. The number of hydrogen-bond acceptors (Lipinski definition) is 4. The lowest BCUT2D eigenvalue weighted by molar-refractivity contribution is 0.269. The minimum atomic E-state index is 0.128. The van der Waals surface area contributed by atoms with Gasteiger partial charge < -0.3 is 5.32 Å². The van der Waals surface area contributed by atoms with Crippen molar-refractivity contribution in [2.24, 2.45) is 10.8 Å². The maximum Gasteiger partial charge on any atom is 0.120 e.